The van der Waals surface area contributed by atoms with E-state index in [1.54, 1.807) is 12.4 Å². The van der Waals surface area contributed by atoms with Gasteiger partial charge in [-0.1, -0.05) is 18.1 Å². The van der Waals surface area contributed by atoms with Crippen molar-refractivity contribution in [3.8, 4) is 0 Å². The van der Waals surface area contributed by atoms with Crippen LogP contribution in [0.25, 0.3) is 0 Å². The Bertz CT molecular complexity index is 543. The topological polar surface area (TPSA) is 46.9 Å². The molecule has 0 aliphatic heterocycles. The molecule has 1 aromatic heterocycles. The number of rotatable bonds is 5. The van der Waals surface area contributed by atoms with Crippen molar-refractivity contribution in [2.75, 3.05) is 11.9 Å². The molecule has 4 nitrogen and oxygen atoms in total. The Hall–Kier alpha value is -1.58. The molecule has 0 aromatic carbocycles. The van der Waals surface area contributed by atoms with Crippen LogP contribution in [-0.2, 0) is 0 Å². The summed E-state index contributed by atoms with van der Waals surface area (Å²) in [5.41, 5.74) is 1.57. The highest BCUT2D eigenvalue weighted by Crippen LogP contribution is 2.33. The van der Waals surface area contributed by atoms with Crippen LogP contribution in [0.2, 0.25) is 0 Å². The molecule has 2 aliphatic carbocycles. The van der Waals surface area contributed by atoms with E-state index in [-0.39, 0.29) is 5.56 Å². The predicted molar refractivity (Wildman–Crippen MR) is 81.0 cm³/mol. The largest absolute Gasteiger partial charge is 0.365 e. The van der Waals surface area contributed by atoms with Crippen LogP contribution in [0.5, 0.6) is 0 Å². The minimum Gasteiger partial charge on any atom is -0.365 e. The van der Waals surface area contributed by atoms with E-state index in [4.69, 9.17) is 0 Å². The summed E-state index contributed by atoms with van der Waals surface area (Å²) in [4.78, 5) is 16.4. The van der Waals surface area contributed by atoms with E-state index in [1.807, 2.05) is 4.57 Å². The molecule has 3 rings (SSSR count). The Morgan fingerprint density at radius 1 is 1.30 bits per heavy atom. The van der Waals surface area contributed by atoms with E-state index in [1.165, 1.54) is 37.7 Å². The van der Waals surface area contributed by atoms with Gasteiger partial charge in [0, 0.05) is 25.0 Å². The lowest BCUT2D eigenvalue weighted by molar-refractivity contribution is 0.696. The van der Waals surface area contributed by atoms with E-state index in [0.717, 1.165) is 25.8 Å². The van der Waals surface area contributed by atoms with Crippen molar-refractivity contribution in [1.82, 2.24) is 9.55 Å². The van der Waals surface area contributed by atoms with Gasteiger partial charge >= 0.3 is 0 Å². The third-order valence-corrected chi connectivity index (χ3v) is 4.18. The van der Waals surface area contributed by atoms with Gasteiger partial charge in [0.2, 0.25) is 0 Å². The Balaban J connectivity index is 1.57. The number of hydrogen-bond donors (Lipinski definition) is 1. The average Bonchev–Trinajstić information content (AvgIpc) is 3.27. The van der Waals surface area contributed by atoms with Crippen LogP contribution < -0.4 is 10.9 Å². The van der Waals surface area contributed by atoms with Gasteiger partial charge in [0.05, 0.1) is 0 Å². The van der Waals surface area contributed by atoms with Crippen molar-refractivity contribution < 1.29 is 0 Å². The van der Waals surface area contributed by atoms with Crippen LogP contribution in [0, 0.1) is 0 Å². The molecule has 0 amide bonds. The van der Waals surface area contributed by atoms with Crippen molar-refractivity contribution in [3.63, 3.8) is 0 Å². The van der Waals surface area contributed by atoms with Crippen molar-refractivity contribution in [3.05, 3.63) is 34.4 Å². The first kappa shape index (κ1) is 13.4. The number of anilines is 1. The first-order chi connectivity index (χ1) is 9.84. The quantitative estimate of drug-likeness (QED) is 0.838. The molecule has 0 radical (unpaired) electrons. The summed E-state index contributed by atoms with van der Waals surface area (Å²) in [6.07, 6.45) is 15.6. The van der Waals surface area contributed by atoms with Gasteiger partial charge in [-0.25, -0.2) is 4.98 Å². The van der Waals surface area contributed by atoms with Crippen LogP contribution in [0.4, 0.5) is 5.82 Å². The minimum absolute atomic E-state index is 0.0323. The van der Waals surface area contributed by atoms with Crippen molar-refractivity contribution in [2.45, 2.75) is 57.4 Å². The molecule has 0 atom stereocenters. The Morgan fingerprint density at radius 3 is 3.05 bits per heavy atom. The molecule has 0 spiro atoms. The monoisotopic (exact) mass is 273 g/mol. The van der Waals surface area contributed by atoms with Gasteiger partial charge in [-0.3, -0.25) is 4.79 Å². The zero-order valence-corrected chi connectivity index (χ0v) is 12.0. The Morgan fingerprint density at radius 2 is 2.20 bits per heavy atom. The van der Waals surface area contributed by atoms with Crippen molar-refractivity contribution >= 4 is 5.82 Å². The summed E-state index contributed by atoms with van der Waals surface area (Å²) in [6, 6.07) is 0.413. The highest BCUT2D eigenvalue weighted by Gasteiger charge is 2.25. The average molecular weight is 273 g/mol. The fourth-order valence-electron chi connectivity index (χ4n) is 2.84. The Kier molecular flexibility index (Phi) is 4.19. The van der Waals surface area contributed by atoms with Crippen LogP contribution in [0.15, 0.2) is 28.8 Å². The molecule has 0 unspecified atom stereocenters. The second kappa shape index (κ2) is 6.25. The Labute approximate surface area is 119 Å². The summed E-state index contributed by atoms with van der Waals surface area (Å²) in [7, 11) is 0. The molecule has 2 aliphatic rings. The number of nitrogens with one attached hydrogen (secondary N) is 1. The molecule has 1 fully saturated rings. The number of hydrogen-bond acceptors (Lipinski definition) is 3. The molecule has 1 saturated carbocycles. The summed E-state index contributed by atoms with van der Waals surface area (Å²) < 4.78 is 1.82. The lowest BCUT2D eigenvalue weighted by Gasteiger charge is -2.09. The molecule has 4 heteroatoms. The van der Waals surface area contributed by atoms with E-state index in [0.29, 0.717) is 11.9 Å². The van der Waals surface area contributed by atoms with E-state index in [2.05, 4.69) is 16.4 Å². The van der Waals surface area contributed by atoms with Gasteiger partial charge in [0.1, 0.15) is 0 Å². The molecule has 1 aromatic rings. The first-order valence-corrected chi connectivity index (χ1v) is 7.83. The maximum Gasteiger partial charge on any atom is 0.293 e. The minimum atomic E-state index is 0.0323. The lowest BCUT2D eigenvalue weighted by atomic mass is 10.1. The maximum atomic E-state index is 12.2. The van der Waals surface area contributed by atoms with Gasteiger partial charge in [-0.2, -0.15) is 0 Å². The van der Waals surface area contributed by atoms with Crippen molar-refractivity contribution in [2.24, 2.45) is 0 Å². The first-order valence-electron chi connectivity index (χ1n) is 7.83. The molecule has 1 heterocycles. The zero-order chi connectivity index (χ0) is 13.8. The van der Waals surface area contributed by atoms with E-state index in [9.17, 15) is 4.79 Å². The summed E-state index contributed by atoms with van der Waals surface area (Å²) >= 11 is 0. The van der Waals surface area contributed by atoms with Crippen LogP contribution >= 0.6 is 0 Å². The van der Waals surface area contributed by atoms with Crippen LogP contribution in [0.3, 0.4) is 0 Å². The molecule has 0 saturated heterocycles. The van der Waals surface area contributed by atoms with Gasteiger partial charge < -0.3 is 9.88 Å². The van der Waals surface area contributed by atoms with Gasteiger partial charge in [-0.05, 0) is 44.9 Å². The molecule has 0 bridgehead atoms. The standard InChI is InChI=1S/C16H23N3O/c20-16-15(18-11-12-19(16)14-7-8-14)17-10-9-13-5-3-1-2-4-6-13/h5,11-12,14H,1-4,6-10H2,(H,17,18). The highest BCUT2D eigenvalue weighted by molar-refractivity contribution is 5.31. The predicted octanol–water partition coefficient (Wildman–Crippen LogP) is 3.27. The molecular formula is C16H23N3O. The summed E-state index contributed by atoms with van der Waals surface area (Å²) in [5, 5.41) is 3.22. The number of nitrogens with zero attached hydrogens (tertiary/aromatic N) is 2. The smallest absolute Gasteiger partial charge is 0.293 e. The SMILES string of the molecule is O=c1c(NCCC2=CCCCCC2)nccn1C1CC1. The fourth-order valence-corrected chi connectivity index (χ4v) is 2.84. The van der Waals surface area contributed by atoms with Crippen molar-refractivity contribution in [1.29, 1.82) is 0 Å². The molecule has 1 N–H and O–H groups in total. The van der Waals surface area contributed by atoms with Crippen LogP contribution in [-0.4, -0.2) is 16.1 Å². The number of allylic oxidation sites excluding steroid dienone is 1. The fraction of sp³-hybridized carbons (Fsp3) is 0.625. The third-order valence-electron chi connectivity index (χ3n) is 4.18. The van der Waals surface area contributed by atoms with E-state index >= 15 is 0 Å². The second-order valence-corrected chi connectivity index (χ2v) is 5.86. The normalized spacial score (nSPS) is 19.3. The molecule has 20 heavy (non-hydrogen) atoms. The highest BCUT2D eigenvalue weighted by atomic mass is 16.1. The van der Waals surface area contributed by atoms with Gasteiger partial charge in [-0.15, -0.1) is 0 Å². The zero-order valence-electron chi connectivity index (χ0n) is 12.0. The maximum absolute atomic E-state index is 12.2. The van der Waals surface area contributed by atoms with Crippen LogP contribution in [0.1, 0.15) is 57.4 Å². The molecule has 108 valence electrons. The second-order valence-electron chi connectivity index (χ2n) is 5.86. The van der Waals surface area contributed by atoms with Gasteiger partial charge in [0.25, 0.3) is 5.56 Å². The summed E-state index contributed by atoms with van der Waals surface area (Å²) in [5.74, 6) is 0.508. The van der Waals surface area contributed by atoms with E-state index < -0.39 is 0 Å². The molecular weight excluding hydrogens is 250 g/mol. The van der Waals surface area contributed by atoms with Gasteiger partial charge in [0.15, 0.2) is 5.82 Å². The third kappa shape index (κ3) is 3.30. The lowest BCUT2D eigenvalue weighted by Crippen LogP contribution is -2.24. The summed E-state index contributed by atoms with van der Waals surface area (Å²) in [6.45, 7) is 0.808. The number of aromatic nitrogens is 2.